The van der Waals surface area contributed by atoms with E-state index in [0.717, 1.165) is 35.4 Å². The number of pyridine rings is 1. The largest absolute Gasteiger partial charge is 0.528 e. The van der Waals surface area contributed by atoms with Gasteiger partial charge in [0.25, 0.3) is 0 Å². The zero-order chi connectivity index (χ0) is 30.8. The average molecular weight is 599 g/mol. The first kappa shape index (κ1) is 31.4. The van der Waals surface area contributed by atoms with Crippen LogP contribution < -0.4 is 4.74 Å². The quantitative estimate of drug-likeness (QED) is 0.123. The topological polar surface area (TPSA) is 79.4 Å². The zero-order valence-electron chi connectivity index (χ0n) is 25.8. The Morgan fingerprint density at radius 2 is 1.70 bits per heavy atom. The highest BCUT2D eigenvalue weighted by Gasteiger charge is 2.34. The number of hydroxylamine groups is 2. The Morgan fingerprint density at radius 3 is 2.48 bits per heavy atom. The number of ether oxygens (including phenoxy) is 4. The molecule has 2 atom stereocenters. The van der Waals surface area contributed by atoms with Crippen LogP contribution >= 0.6 is 0 Å². The third-order valence-corrected chi connectivity index (χ3v) is 7.38. The van der Waals surface area contributed by atoms with E-state index in [0.29, 0.717) is 39.5 Å². The molecule has 8 nitrogen and oxygen atoms in total. The fourth-order valence-corrected chi connectivity index (χ4v) is 5.25. The first-order chi connectivity index (χ1) is 21.3. The summed E-state index contributed by atoms with van der Waals surface area (Å²) in [4.78, 5) is 22.2. The molecule has 0 radical (unpaired) electrons. The molecule has 0 saturated carbocycles. The van der Waals surface area contributed by atoms with Crippen LogP contribution in [0.3, 0.4) is 0 Å². The minimum Gasteiger partial charge on any atom is -0.494 e. The number of fused-ring (bicyclic) bond motifs is 1. The lowest BCUT2D eigenvalue weighted by Crippen LogP contribution is -2.45. The lowest BCUT2D eigenvalue weighted by atomic mass is 9.87. The fourth-order valence-electron chi connectivity index (χ4n) is 5.25. The Morgan fingerprint density at radius 1 is 0.909 bits per heavy atom. The highest BCUT2D eigenvalue weighted by Crippen LogP contribution is 2.33. The van der Waals surface area contributed by atoms with E-state index in [1.165, 1.54) is 10.8 Å². The van der Waals surface area contributed by atoms with Crippen molar-refractivity contribution in [3.05, 3.63) is 108 Å². The molecule has 1 aliphatic heterocycles. The van der Waals surface area contributed by atoms with E-state index in [4.69, 9.17) is 23.8 Å². The van der Waals surface area contributed by atoms with Crippen LogP contribution in [0.25, 0.3) is 10.8 Å². The summed E-state index contributed by atoms with van der Waals surface area (Å²) in [6, 6.07) is 28.7. The molecule has 0 aliphatic carbocycles. The molecule has 1 aliphatic rings. The third-order valence-electron chi connectivity index (χ3n) is 7.38. The normalized spacial score (nSPS) is 17.3. The van der Waals surface area contributed by atoms with E-state index in [1.807, 2.05) is 63.2 Å². The first-order valence-electron chi connectivity index (χ1n) is 15.3. The Kier molecular flexibility index (Phi) is 10.8. The Bertz CT molecular complexity index is 1470. The van der Waals surface area contributed by atoms with Crippen molar-refractivity contribution in [2.75, 3.05) is 26.3 Å². The summed E-state index contributed by atoms with van der Waals surface area (Å²) in [6.45, 7) is 8.61. The van der Waals surface area contributed by atoms with Gasteiger partial charge in [0.1, 0.15) is 11.4 Å². The second-order valence-electron chi connectivity index (χ2n) is 12.0. The molecule has 8 heteroatoms. The second kappa shape index (κ2) is 15.1. The molecule has 2 heterocycles. The second-order valence-corrected chi connectivity index (χ2v) is 12.0. The smallest absolute Gasteiger partial charge is 0.494 e. The molecule has 1 fully saturated rings. The number of piperidine rings is 1. The number of nitrogens with zero attached hydrogens (tertiary/aromatic N) is 2. The molecule has 0 bridgehead atoms. The molecule has 44 heavy (non-hydrogen) atoms. The molecule has 232 valence electrons. The molecule has 1 aromatic heterocycles. The molecule has 4 aromatic rings. The van der Waals surface area contributed by atoms with Gasteiger partial charge in [0.15, 0.2) is 0 Å². The number of rotatable bonds is 12. The first-order valence-corrected chi connectivity index (χ1v) is 15.3. The summed E-state index contributed by atoms with van der Waals surface area (Å²) in [5.41, 5.74) is 2.56. The van der Waals surface area contributed by atoms with Crippen LogP contribution in [-0.2, 0) is 32.3 Å². The lowest BCUT2D eigenvalue weighted by molar-refractivity contribution is -0.179. The number of benzene rings is 3. The van der Waals surface area contributed by atoms with Crippen molar-refractivity contribution in [1.82, 2.24) is 10.0 Å². The van der Waals surface area contributed by atoms with Gasteiger partial charge in [-0.25, -0.2) is 4.79 Å². The van der Waals surface area contributed by atoms with Gasteiger partial charge in [-0.05, 0) is 79.4 Å². The van der Waals surface area contributed by atoms with Crippen LogP contribution in [0.15, 0.2) is 91.1 Å². The van der Waals surface area contributed by atoms with Crippen molar-refractivity contribution >= 4 is 16.9 Å². The molecule has 1 saturated heterocycles. The van der Waals surface area contributed by atoms with Gasteiger partial charge < -0.3 is 23.8 Å². The monoisotopic (exact) mass is 598 g/mol. The summed E-state index contributed by atoms with van der Waals surface area (Å²) < 4.78 is 23.6. The molecule has 5 rings (SSSR count). The minimum absolute atomic E-state index is 0.128. The maximum Gasteiger partial charge on any atom is 0.528 e. The van der Waals surface area contributed by atoms with Crippen molar-refractivity contribution in [2.45, 2.75) is 64.4 Å². The number of aromatic nitrogens is 1. The molecule has 0 amide bonds. The SMILES string of the molecule is CC(C)(C)OC(=O)ON1CCC(c2ccc(OCCCOCc3ccccn3)cc2)C(OCc2ccc3ccccc3c2)C1. The van der Waals surface area contributed by atoms with E-state index in [1.54, 1.807) is 11.3 Å². The number of hydrogen-bond acceptors (Lipinski definition) is 8. The molecule has 2 unspecified atom stereocenters. The fraction of sp³-hybridized carbons (Fsp3) is 0.389. The number of hydrogen-bond donors (Lipinski definition) is 0. The van der Waals surface area contributed by atoms with Crippen molar-refractivity contribution in [2.24, 2.45) is 0 Å². The predicted octanol–water partition coefficient (Wildman–Crippen LogP) is 7.46. The minimum atomic E-state index is -0.701. The van der Waals surface area contributed by atoms with Gasteiger partial charge in [0, 0.05) is 25.1 Å². The molecular formula is C36H42N2O6. The van der Waals surface area contributed by atoms with Crippen LogP contribution in [-0.4, -0.2) is 54.2 Å². The van der Waals surface area contributed by atoms with Crippen molar-refractivity contribution in [1.29, 1.82) is 0 Å². The Balaban J connectivity index is 1.17. The maximum absolute atomic E-state index is 12.4. The summed E-state index contributed by atoms with van der Waals surface area (Å²) in [7, 11) is 0. The van der Waals surface area contributed by atoms with Crippen LogP contribution in [0.4, 0.5) is 4.79 Å². The predicted molar refractivity (Wildman–Crippen MR) is 169 cm³/mol. The molecule has 3 aromatic carbocycles. The lowest BCUT2D eigenvalue weighted by Gasteiger charge is -2.37. The van der Waals surface area contributed by atoms with E-state index >= 15 is 0 Å². The maximum atomic E-state index is 12.4. The Hall–Kier alpha value is -3.98. The van der Waals surface area contributed by atoms with E-state index in [9.17, 15) is 4.79 Å². The number of carbonyl (C=O) groups is 1. The van der Waals surface area contributed by atoms with E-state index < -0.39 is 11.8 Å². The van der Waals surface area contributed by atoms with Crippen LogP contribution in [0.2, 0.25) is 0 Å². The van der Waals surface area contributed by atoms with Gasteiger partial charge in [-0.1, -0.05) is 54.6 Å². The van der Waals surface area contributed by atoms with Gasteiger partial charge in [-0.2, -0.15) is 0 Å². The van der Waals surface area contributed by atoms with Gasteiger partial charge in [0.2, 0.25) is 0 Å². The van der Waals surface area contributed by atoms with Crippen molar-refractivity contribution in [3.63, 3.8) is 0 Å². The van der Waals surface area contributed by atoms with E-state index in [2.05, 4.69) is 47.4 Å². The Labute approximate surface area is 259 Å². The third kappa shape index (κ3) is 9.51. The van der Waals surface area contributed by atoms with Gasteiger partial charge in [0.05, 0.1) is 44.8 Å². The zero-order valence-corrected chi connectivity index (χ0v) is 25.8. The van der Waals surface area contributed by atoms with Crippen LogP contribution in [0, 0.1) is 0 Å². The highest BCUT2D eigenvalue weighted by molar-refractivity contribution is 5.82. The summed E-state index contributed by atoms with van der Waals surface area (Å²) >= 11 is 0. The average Bonchev–Trinajstić information content (AvgIpc) is 3.01. The highest BCUT2D eigenvalue weighted by atomic mass is 16.8. The molecule has 0 spiro atoms. The van der Waals surface area contributed by atoms with Crippen molar-refractivity contribution in [3.8, 4) is 5.75 Å². The van der Waals surface area contributed by atoms with E-state index in [-0.39, 0.29) is 12.0 Å². The number of carbonyl (C=O) groups excluding carboxylic acids is 1. The van der Waals surface area contributed by atoms with Crippen LogP contribution in [0.1, 0.15) is 56.4 Å². The summed E-state index contributed by atoms with van der Waals surface area (Å²) in [6.07, 6.45) is 2.42. The van der Waals surface area contributed by atoms with Crippen LogP contribution in [0.5, 0.6) is 5.75 Å². The van der Waals surface area contributed by atoms with Gasteiger partial charge in [-0.15, -0.1) is 5.06 Å². The standard InChI is InChI=1S/C36H42N2O6/c1-36(2,3)43-35(39)44-38-20-18-33(34(24-38)42-25-27-12-13-28-9-4-5-10-30(28)23-27)29-14-16-32(17-15-29)41-22-8-21-40-26-31-11-6-7-19-37-31/h4-7,9-17,19,23,33-34H,8,18,20-22,24-26H2,1-3H3. The summed E-state index contributed by atoms with van der Waals surface area (Å²) in [5, 5.41) is 4.03. The van der Waals surface area contributed by atoms with Crippen molar-refractivity contribution < 1.29 is 28.6 Å². The molecular weight excluding hydrogens is 556 g/mol. The molecule has 0 N–H and O–H groups in total. The summed E-state index contributed by atoms with van der Waals surface area (Å²) in [5.74, 6) is 0.945. The van der Waals surface area contributed by atoms with Gasteiger partial charge >= 0.3 is 6.16 Å². The van der Waals surface area contributed by atoms with Gasteiger partial charge in [-0.3, -0.25) is 4.98 Å².